The highest BCUT2D eigenvalue weighted by Gasteiger charge is 2.37. The standard InChI is InChI=1S/C16H19F3N4O/c1-3-6-20-13(24)8-23-15-14(9(2)22-23)11(16(17,18)19)7-12(21-15)10-4-5-10/h7,10H,3-6,8H2,1-2H3,(H,20,24). The second-order valence-electron chi connectivity index (χ2n) is 6.16. The van der Waals surface area contributed by atoms with Crippen LogP contribution in [-0.2, 0) is 17.5 Å². The minimum atomic E-state index is -4.48. The Morgan fingerprint density at radius 3 is 2.71 bits per heavy atom. The van der Waals surface area contributed by atoms with Gasteiger partial charge in [0.2, 0.25) is 5.91 Å². The lowest BCUT2D eigenvalue weighted by atomic mass is 10.1. The van der Waals surface area contributed by atoms with Gasteiger partial charge in [-0.15, -0.1) is 0 Å². The maximum atomic E-state index is 13.5. The first-order valence-corrected chi connectivity index (χ1v) is 8.03. The Kier molecular flexibility index (Phi) is 4.23. The number of nitrogens with zero attached hydrogens (tertiary/aromatic N) is 3. The molecule has 130 valence electrons. The molecule has 0 saturated heterocycles. The van der Waals surface area contributed by atoms with Gasteiger partial charge in [-0.1, -0.05) is 6.92 Å². The molecule has 0 aromatic carbocycles. The SMILES string of the molecule is CCCNC(=O)Cn1nc(C)c2c(C(F)(F)F)cc(C3CC3)nc21. The molecule has 1 amide bonds. The second kappa shape index (κ2) is 6.07. The van der Waals surface area contributed by atoms with Crippen molar-refractivity contribution in [1.82, 2.24) is 20.1 Å². The molecule has 1 N–H and O–H groups in total. The molecule has 0 unspecified atom stereocenters. The van der Waals surface area contributed by atoms with Crippen LogP contribution in [0.1, 0.15) is 49.1 Å². The van der Waals surface area contributed by atoms with Gasteiger partial charge >= 0.3 is 6.18 Å². The van der Waals surface area contributed by atoms with E-state index in [2.05, 4.69) is 15.4 Å². The summed E-state index contributed by atoms with van der Waals surface area (Å²) in [4.78, 5) is 16.3. The van der Waals surface area contributed by atoms with Crippen LogP contribution < -0.4 is 5.32 Å². The van der Waals surface area contributed by atoms with E-state index in [1.807, 2.05) is 6.92 Å². The maximum Gasteiger partial charge on any atom is 0.417 e. The van der Waals surface area contributed by atoms with Crippen LogP contribution in [0.5, 0.6) is 0 Å². The summed E-state index contributed by atoms with van der Waals surface area (Å²) < 4.78 is 41.6. The van der Waals surface area contributed by atoms with Gasteiger partial charge in [0.1, 0.15) is 6.54 Å². The van der Waals surface area contributed by atoms with Crippen molar-refractivity contribution in [2.75, 3.05) is 6.54 Å². The summed E-state index contributed by atoms with van der Waals surface area (Å²) >= 11 is 0. The van der Waals surface area contributed by atoms with Gasteiger partial charge in [-0.2, -0.15) is 18.3 Å². The van der Waals surface area contributed by atoms with Crippen molar-refractivity contribution in [3.05, 3.63) is 23.0 Å². The van der Waals surface area contributed by atoms with E-state index < -0.39 is 11.7 Å². The number of halogens is 3. The number of alkyl halides is 3. The predicted molar refractivity (Wildman–Crippen MR) is 82.5 cm³/mol. The Labute approximate surface area is 137 Å². The summed E-state index contributed by atoms with van der Waals surface area (Å²) in [6.07, 6.45) is -2.00. The van der Waals surface area contributed by atoms with Gasteiger partial charge in [0.15, 0.2) is 5.65 Å². The third-order valence-corrected chi connectivity index (χ3v) is 4.06. The summed E-state index contributed by atoms with van der Waals surface area (Å²) in [6.45, 7) is 3.82. The van der Waals surface area contributed by atoms with E-state index in [1.54, 1.807) is 0 Å². The summed E-state index contributed by atoms with van der Waals surface area (Å²) in [6, 6.07) is 1.14. The van der Waals surface area contributed by atoms with Crippen molar-refractivity contribution in [2.24, 2.45) is 0 Å². The number of aromatic nitrogens is 3. The number of amides is 1. The molecular weight excluding hydrogens is 321 g/mol. The number of carbonyl (C=O) groups excluding carboxylic acids is 1. The molecule has 2 heterocycles. The van der Waals surface area contributed by atoms with Crippen molar-refractivity contribution < 1.29 is 18.0 Å². The van der Waals surface area contributed by atoms with E-state index in [0.29, 0.717) is 12.2 Å². The van der Waals surface area contributed by atoms with E-state index in [0.717, 1.165) is 25.3 Å². The molecule has 5 nitrogen and oxygen atoms in total. The summed E-state index contributed by atoms with van der Waals surface area (Å²) in [5.41, 5.74) is 0.0865. The first-order chi connectivity index (χ1) is 11.3. The summed E-state index contributed by atoms with van der Waals surface area (Å²) in [7, 11) is 0. The molecule has 1 saturated carbocycles. The van der Waals surface area contributed by atoms with Crippen molar-refractivity contribution in [2.45, 2.75) is 51.7 Å². The Morgan fingerprint density at radius 2 is 2.12 bits per heavy atom. The van der Waals surface area contributed by atoms with Crippen molar-refractivity contribution in [3.63, 3.8) is 0 Å². The molecule has 2 aromatic heterocycles. The molecule has 2 aromatic rings. The minimum absolute atomic E-state index is 0.0183. The molecule has 0 atom stereocenters. The highest BCUT2D eigenvalue weighted by Crippen LogP contribution is 2.43. The second-order valence-corrected chi connectivity index (χ2v) is 6.16. The molecule has 0 bridgehead atoms. The van der Waals surface area contributed by atoms with E-state index >= 15 is 0 Å². The smallest absolute Gasteiger partial charge is 0.355 e. The normalized spacial score (nSPS) is 15.0. The van der Waals surface area contributed by atoms with Gasteiger partial charge in [-0.25, -0.2) is 9.67 Å². The largest absolute Gasteiger partial charge is 0.417 e. The van der Waals surface area contributed by atoms with Crippen molar-refractivity contribution >= 4 is 16.9 Å². The monoisotopic (exact) mass is 340 g/mol. The third kappa shape index (κ3) is 3.22. The number of hydrogen-bond donors (Lipinski definition) is 1. The van der Waals surface area contributed by atoms with Crippen LogP contribution in [0.4, 0.5) is 13.2 Å². The average Bonchev–Trinajstić information content (AvgIpc) is 3.30. The van der Waals surface area contributed by atoms with Crippen molar-refractivity contribution in [3.8, 4) is 0 Å². The number of pyridine rings is 1. The first kappa shape index (κ1) is 16.7. The van der Waals surface area contributed by atoms with Gasteiger partial charge in [-0.05, 0) is 32.3 Å². The maximum absolute atomic E-state index is 13.5. The molecule has 3 rings (SSSR count). The molecule has 0 spiro atoms. The topological polar surface area (TPSA) is 59.8 Å². The van der Waals surface area contributed by atoms with Crippen LogP contribution in [0.25, 0.3) is 11.0 Å². The molecule has 1 fully saturated rings. The Balaban J connectivity index is 2.08. The van der Waals surface area contributed by atoms with Crippen molar-refractivity contribution in [1.29, 1.82) is 0 Å². The number of carbonyl (C=O) groups is 1. The molecule has 24 heavy (non-hydrogen) atoms. The summed E-state index contributed by atoms with van der Waals surface area (Å²) in [5.74, 6) is -0.207. The first-order valence-electron chi connectivity index (χ1n) is 8.03. The fourth-order valence-corrected chi connectivity index (χ4v) is 2.75. The molecule has 1 aliphatic carbocycles. The van der Waals surface area contributed by atoms with Gasteiger partial charge in [-0.3, -0.25) is 4.79 Å². The molecule has 1 aliphatic rings. The third-order valence-electron chi connectivity index (χ3n) is 4.06. The van der Waals surface area contributed by atoms with E-state index in [-0.39, 0.29) is 35.1 Å². The molecule has 0 radical (unpaired) electrons. The van der Waals surface area contributed by atoms with Gasteiger partial charge < -0.3 is 5.32 Å². The molecular formula is C16H19F3N4O. The number of nitrogens with one attached hydrogen (secondary N) is 1. The van der Waals surface area contributed by atoms with Gasteiger partial charge in [0, 0.05) is 18.2 Å². The van der Waals surface area contributed by atoms with Gasteiger partial charge in [0.25, 0.3) is 0 Å². The lowest BCUT2D eigenvalue weighted by molar-refractivity contribution is -0.136. The Bertz CT molecular complexity index is 778. The number of rotatable bonds is 5. The molecule has 8 heteroatoms. The minimum Gasteiger partial charge on any atom is -0.355 e. The van der Waals surface area contributed by atoms with Crippen LogP contribution in [0.2, 0.25) is 0 Å². The van der Waals surface area contributed by atoms with E-state index in [4.69, 9.17) is 0 Å². The quantitative estimate of drug-likeness (QED) is 0.909. The lowest BCUT2D eigenvalue weighted by Gasteiger charge is -2.11. The van der Waals surface area contributed by atoms with Crippen LogP contribution in [0.3, 0.4) is 0 Å². The van der Waals surface area contributed by atoms with Crippen LogP contribution in [0.15, 0.2) is 6.07 Å². The highest BCUT2D eigenvalue weighted by atomic mass is 19.4. The van der Waals surface area contributed by atoms with Crippen LogP contribution in [-0.4, -0.2) is 27.2 Å². The predicted octanol–water partition coefficient (Wildman–Crippen LogP) is 3.16. The average molecular weight is 340 g/mol. The zero-order valence-corrected chi connectivity index (χ0v) is 13.6. The lowest BCUT2D eigenvalue weighted by Crippen LogP contribution is -2.28. The van der Waals surface area contributed by atoms with E-state index in [9.17, 15) is 18.0 Å². The number of hydrogen-bond acceptors (Lipinski definition) is 3. The zero-order valence-electron chi connectivity index (χ0n) is 13.6. The fourth-order valence-electron chi connectivity index (χ4n) is 2.75. The summed E-state index contributed by atoms with van der Waals surface area (Å²) in [5, 5.41) is 6.81. The van der Waals surface area contributed by atoms with E-state index in [1.165, 1.54) is 11.6 Å². The number of fused-ring (bicyclic) bond motifs is 1. The van der Waals surface area contributed by atoms with Crippen LogP contribution >= 0.6 is 0 Å². The number of aryl methyl sites for hydroxylation is 1. The highest BCUT2D eigenvalue weighted by molar-refractivity contribution is 5.85. The van der Waals surface area contributed by atoms with Crippen LogP contribution in [0, 0.1) is 6.92 Å². The molecule has 0 aliphatic heterocycles. The zero-order chi connectivity index (χ0) is 17.5. The fraction of sp³-hybridized carbons (Fsp3) is 0.562. The van der Waals surface area contributed by atoms with Gasteiger partial charge in [0.05, 0.1) is 16.6 Å². The Hall–Kier alpha value is -2.12. The Morgan fingerprint density at radius 1 is 1.42 bits per heavy atom.